The van der Waals surface area contributed by atoms with E-state index in [1.807, 2.05) is 6.07 Å². The number of aromatic nitrogens is 5. The highest BCUT2D eigenvalue weighted by atomic mass is 35.5. The van der Waals surface area contributed by atoms with E-state index in [0.717, 1.165) is 28.4 Å². The van der Waals surface area contributed by atoms with E-state index >= 15 is 0 Å². The molecule has 13 heteroatoms. The van der Waals surface area contributed by atoms with Crippen LogP contribution < -0.4 is 10.9 Å². The van der Waals surface area contributed by atoms with Crippen LogP contribution in [0, 0.1) is 6.92 Å². The van der Waals surface area contributed by atoms with Crippen molar-refractivity contribution in [2.75, 3.05) is 11.1 Å². The van der Waals surface area contributed by atoms with Crippen LogP contribution in [0.5, 0.6) is 0 Å². The predicted octanol–water partition coefficient (Wildman–Crippen LogP) is 3.93. The Labute approximate surface area is 194 Å². The number of pyridine rings is 1. The van der Waals surface area contributed by atoms with E-state index in [4.69, 9.17) is 11.6 Å². The van der Waals surface area contributed by atoms with Crippen molar-refractivity contribution < 1.29 is 18.0 Å². The van der Waals surface area contributed by atoms with E-state index in [-0.39, 0.29) is 27.3 Å². The molecule has 0 aliphatic carbocycles. The zero-order valence-electron chi connectivity index (χ0n) is 17.2. The normalized spacial score (nSPS) is 11.8. The van der Waals surface area contributed by atoms with Crippen molar-refractivity contribution in [1.29, 1.82) is 0 Å². The van der Waals surface area contributed by atoms with Crippen LogP contribution in [-0.2, 0) is 18.0 Å². The molecule has 4 rings (SSSR count). The largest absolute Gasteiger partial charge is 0.417 e. The van der Waals surface area contributed by atoms with Crippen molar-refractivity contribution in [3.8, 4) is 5.69 Å². The number of carbonyl (C=O) groups excluding carboxylic acids is 1. The van der Waals surface area contributed by atoms with Gasteiger partial charge in [0.2, 0.25) is 5.91 Å². The number of hydrogen-bond donors (Lipinski definition) is 1. The third kappa shape index (κ3) is 4.35. The van der Waals surface area contributed by atoms with Gasteiger partial charge in [0.05, 0.1) is 27.7 Å². The number of fused-ring (bicyclic) bond motifs is 1. The summed E-state index contributed by atoms with van der Waals surface area (Å²) in [5.41, 5.74) is -0.0498. The van der Waals surface area contributed by atoms with Crippen molar-refractivity contribution in [2.45, 2.75) is 18.3 Å². The molecule has 33 heavy (non-hydrogen) atoms. The van der Waals surface area contributed by atoms with Gasteiger partial charge in [0.1, 0.15) is 5.69 Å². The van der Waals surface area contributed by atoms with Gasteiger partial charge in [-0.3, -0.25) is 18.7 Å². The average Bonchev–Trinajstić information content (AvgIpc) is 3.27. The number of benzene rings is 1. The zero-order chi connectivity index (χ0) is 23.9. The minimum atomic E-state index is -4.61. The summed E-state index contributed by atoms with van der Waals surface area (Å²) in [6.45, 7) is 1.69. The summed E-state index contributed by atoms with van der Waals surface area (Å²) in [7, 11) is 1.69. The monoisotopic (exact) mass is 496 g/mol. The molecule has 172 valence electrons. The highest BCUT2D eigenvalue weighted by Gasteiger charge is 2.32. The maximum atomic E-state index is 13.1. The molecule has 0 aliphatic heterocycles. The minimum absolute atomic E-state index is 0.0391. The van der Waals surface area contributed by atoms with Crippen molar-refractivity contribution in [1.82, 2.24) is 24.0 Å². The molecule has 3 aromatic heterocycles. The first-order chi connectivity index (χ1) is 15.6. The predicted molar refractivity (Wildman–Crippen MR) is 118 cm³/mol. The number of rotatable bonds is 5. The maximum Gasteiger partial charge on any atom is 0.417 e. The second kappa shape index (κ2) is 8.60. The molecule has 0 aliphatic rings. The molecule has 1 amide bonds. The number of nitrogens with zero attached hydrogens (tertiary/aromatic N) is 5. The average molecular weight is 497 g/mol. The summed E-state index contributed by atoms with van der Waals surface area (Å²) >= 11 is 6.77. The van der Waals surface area contributed by atoms with Gasteiger partial charge < -0.3 is 5.32 Å². The van der Waals surface area contributed by atoms with E-state index in [0.29, 0.717) is 11.4 Å². The van der Waals surface area contributed by atoms with Crippen LogP contribution in [0.2, 0.25) is 5.02 Å². The lowest BCUT2D eigenvalue weighted by Crippen LogP contribution is -2.23. The van der Waals surface area contributed by atoms with Crippen molar-refractivity contribution >= 4 is 40.6 Å². The van der Waals surface area contributed by atoms with Crippen LogP contribution >= 0.6 is 23.4 Å². The van der Waals surface area contributed by atoms with Gasteiger partial charge in [-0.15, -0.1) is 10.2 Å². The molecule has 0 fully saturated rings. The molecule has 8 nitrogen and oxygen atoms in total. The Bertz CT molecular complexity index is 1410. The van der Waals surface area contributed by atoms with Gasteiger partial charge >= 0.3 is 6.18 Å². The van der Waals surface area contributed by atoms with Gasteiger partial charge in [-0.05, 0) is 25.1 Å². The first-order valence-corrected chi connectivity index (χ1v) is 10.8. The van der Waals surface area contributed by atoms with E-state index in [9.17, 15) is 22.8 Å². The zero-order valence-corrected chi connectivity index (χ0v) is 18.8. The van der Waals surface area contributed by atoms with Gasteiger partial charge in [0.25, 0.3) is 5.56 Å². The SMILES string of the molecule is Cc1c(NC(=O)CSc2nnc3c(Cl)cc(C(F)(F)F)cn23)c(=O)n(-c2ccccc2)n1C. The van der Waals surface area contributed by atoms with Gasteiger partial charge in [-0.2, -0.15) is 13.2 Å². The smallest absolute Gasteiger partial charge is 0.319 e. The third-order valence-electron chi connectivity index (χ3n) is 4.91. The standard InChI is InChI=1S/C20H16ClF3N6O2S/c1-11-16(18(32)30(28(11)2)13-6-4-3-5-7-13)25-15(31)10-33-19-27-26-17-14(21)8-12(9-29(17)19)20(22,23)24/h3-9H,10H2,1-2H3,(H,25,31). The highest BCUT2D eigenvalue weighted by Crippen LogP contribution is 2.33. The summed E-state index contributed by atoms with van der Waals surface area (Å²) in [6.07, 6.45) is -3.79. The summed E-state index contributed by atoms with van der Waals surface area (Å²) in [4.78, 5) is 25.4. The van der Waals surface area contributed by atoms with Crippen LogP contribution in [-0.4, -0.2) is 35.6 Å². The fourth-order valence-corrected chi connectivity index (χ4v) is 4.16. The van der Waals surface area contributed by atoms with E-state index < -0.39 is 23.2 Å². The number of carbonyl (C=O) groups is 1. The van der Waals surface area contributed by atoms with Crippen molar-refractivity contribution in [3.63, 3.8) is 0 Å². The molecule has 0 saturated heterocycles. The Morgan fingerprint density at radius 2 is 1.91 bits per heavy atom. The Hall–Kier alpha value is -3.25. The second-order valence-electron chi connectivity index (χ2n) is 7.02. The lowest BCUT2D eigenvalue weighted by Gasteiger charge is -2.08. The molecule has 0 spiro atoms. The number of nitrogens with one attached hydrogen (secondary N) is 1. The van der Waals surface area contributed by atoms with Gasteiger partial charge in [0, 0.05) is 13.2 Å². The molecule has 1 N–H and O–H groups in total. The molecular formula is C20H16ClF3N6O2S. The minimum Gasteiger partial charge on any atom is -0.319 e. The van der Waals surface area contributed by atoms with Crippen LogP contribution in [0.3, 0.4) is 0 Å². The summed E-state index contributed by atoms with van der Waals surface area (Å²) in [5, 5.41) is 10.0. The van der Waals surface area contributed by atoms with Crippen LogP contribution in [0.25, 0.3) is 11.3 Å². The van der Waals surface area contributed by atoms with Gasteiger partial charge in [-0.1, -0.05) is 41.6 Å². The fraction of sp³-hybridized carbons (Fsp3) is 0.200. The highest BCUT2D eigenvalue weighted by molar-refractivity contribution is 7.99. The van der Waals surface area contributed by atoms with Crippen LogP contribution in [0.1, 0.15) is 11.3 Å². The summed E-state index contributed by atoms with van der Waals surface area (Å²) in [5.74, 6) is -0.742. The molecular weight excluding hydrogens is 481 g/mol. The lowest BCUT2D eigenvalue weighted by molar-refractivity contribution is -0.137. The molecule has 3 heterocycles. The van der Waals surface area contributed by atoms with E-state index in [2.05, 4.69) is 15.5 Å². The molecule has 0 saturated carbocycles. The Balaban J connectivity index is 1.55. The third-order valence-corrected chi connectivity index (χ3v) is 6.13. The van der Waals surface area contributed by atoms with Crippen molar-refractivity contribution in [3.05, 3.63) is 69.2 Å². The summed E-state index contributed by atoms with van der Waals surface area (Å²) in [6, 6.07) is 9.70. The number of thioether (sulfide) groups is 1. The molecule has 1 aromatic carbocycles. The number of alkyl halides is 3. The Morgan fingerprint density at radius 3 is 2.58 bits per heavy atom. The lowest BCUT2D eigenvalue weighted by atomic mass is 10.3. The van der Waals surface area contributed by atoms with E-state index in [1.165, 1.54) is 4.68 Å². The number of amides is 1. The molecule has 4 aromatic rings. The van der Waals surface area contributed by atoms with Gasteiger partial charge in [0.15, 0.2) is 10.8 Å². The quantitative estimate of drug-likeness (QED) is 0.423. The molecule has 0 unspecified atom stereocenters. The fourth-order valence-electron chi connectivity index (χ4n) is 3.21. The van der Waals surface area contributed by atoms with Crippen LogP contribution in [0.15, 0.2) is 52.5 Å². The first kappa shape index (κ1) is 22.9. The molecule has 0 atom stereocenters. The Kier molecular flexibility index (Phi) is 5.97. The van der Waals surface area contributed by atoms with E-state index in [1.54, 1.807) is 42.9 Å². The maximum absolute atomic E-state index is 13.1. The number of anilines is 1. The van der Waals surface area contributed by atoms with Gasteiger partial charge in [-0.25, -0.2) is 4.68 Å². The Morgan fingerprint density at radius 1 is 1.21 bits per heavy atom. The number of para-hydroxylation sites is 1. The van der Waals surface area contributed by atoms with Crippen molar-refractivity contribution in [2.24, 2.45) is 7.05 Å². The number of hydrogen-bond acceptors (Lipinski definition) is 5. The second-order valence-corrected chi connectivity index (χ2v) is 8.37. The molecule has 0 radical (unpaired) electrons. The molecule has 0 bridgehead atoms. The number of halogens is 4. The first-order valence-electron chi connectivity index (χ1n) is 9.46. The topological polar surface area (TPSA) is 86.2 Å². The summed E-state index contributed by atoms with van der Waals surface area (Å²) < 4.78 is 43.4. The van der Waals surface area contributed by atoms with Crippen LogP contribution in [0.4, 0.5) is 18.9 Å².